The fraction of sp³-hybridized carbons (Fsp3) is 0.345. The van der Waals surface area contributed by atoms with Crippen LogP contribution in [0.15, 0.2) is 182 Å². The van der Waals surface area contributed by atoms with E-state index >= 15 is 0 Å². The zero-order chi connectivity index (χ0) is 44.9. The van der Waals surface area contributed by atoms with E-state index in [0.29, 0.717) is 33.0 Å². The van der Waals surface area contributed by atoms with Crippen LogP contribution in [-0.2, 0) is 77.5 Å². The molecule has 0 radical (unpaired) electrons. The molecule has 1 fully saturated rings. The lowest BCUT2D eigenvalue weighted by Crippen LogP contribution is -2.64. The number of ether oxygens (including phenoxy) is 8. The molecule has 0 spiro atoms. The van der Waals surface area contributed by atoms with Crippen molar-refractivity contribution in [2.24, 2.45) is 0 Å². The van der Waals surface area contributed by atoms with Gasteiger partial charge in [-0.1, -0.05) is 182 Å². The fourth-order valence-corrected chi connectivity index (χ4v) is 7.93. The van der Waals surface area contributed by atoms with Gasteiger partial charge < -0.3 is 48.3 Å². The standard InChI is InChI=1S/C55H63NO9/c1-41(60-35-43-23-11-4-12-24-43)51(61-36-44-25-13-5-14-26-44)50(57)48(40-59-34-42-21-9-3-10-22-42)56-33-49-52(62-37-45-27-15-6-16-28-45)53(63-38-46-29-17-7-18-30-46)54(55(58-2)65-49)64-39-47-31-19-8-20-32-47/h3-32,41,48-57H,33-40H2,1-2H3. The van der Waals surface area contributed by atoms with Crippen molar-refractivity contribution in [1.82, 2.24) is 5.32 Å². The quantitative estimate of drug-likeness (QED) is 0.0549. The van der Waals surface area contributed by atoms with Gasteiger partial charge in [0.2, 0.25) is 0 Å². The summed E-state index contributed by atoms with van der Waals surface area (Å²) in [5.74, 6) is 0. The lowest BCUT2D eigenvalue weighted by molar-refractivity contribution is -0.317. The van der Waals surface area contributed by atoms with Crippen molar-refractivity contribution in [3.8, 4) is 0 Å². The first-order chi connectivity index (χ1) is 32.0. The summed E-state index contributed by atoms with van der Waals surface area (Å²) in [6.45, 7) is 4.24. The van der Waals surface area contributed by atoms with Gasteiger partial charge in [0.25, 0.3) is 0 Å². The topological polar surface area (TPSA) is 106 Å². The predicted molar refractivity (Wildman–Crippen MR) is 250 cm³/mol. The van der Waals surface area contributed by atoms with Crippen LogP contribution in [0.3, 0.4) is 0 Å². The molecular weight excluding hydrogens is 819 g/mol. The van der Waals surface area contributed by atoms with Crippen molar-refractivity contribution in [3.63, 3.8) is 0 Å². The Morgan fingerprint density at radius 2 is 0.877 bits per heavy atom. The van der Waals surface area contributed by atoms with Crippen LogP contribution in [0.5, 0.6) is 0 Å². The molecule has 1 aliphatic rings. The Bertz CT molecular complexity index is 2160. The van der Waals surface area contributed by atoms with E-state index in [4.69, 9.17) is 37.9 Å². The average molecular weight is 882 g/mol. The van der Waals surface area contributed by atoms with Crippen LogP contribution in [0.4, 0.5) is 0 Å². The number of methoxy groups -OCH3 is 1. The van der Waals surface area contributed by atoms with Gasteiger partial charge in [-0.15, -0.1) is 0 Å². The normalized spacial score (nSPS) is 20.4. The third-order valence-corrected chi connectivity index (χ3v) is 11.5. The van der Waals surface area contributed by atoms with E-state index in [0.717, 1.165) is 33.4 Å². The van der Waals surface area contributed by atoms with Crippen molar-refractivity contribution >= 4 is 0 Å². The molecule has 65 heavy (non-hydrogen) atoms. The number of nitrogens with one attached hydrogen (secondary N) is 1. The van der Waals surface area contributed by atoms with Gasteiger partial charge in [0.15, 0.2) is 6.29 Å². The fourth-order valence-electron chi connectivity index (χ4n) is 7.93. The molecule has 0 aliphatic carbocycles. The monoisotopic (exact) mass is 881 g/mol. The van der Waals surface area contributed by atoms with Crippen molar-refractivity contribution in [1.29, 1.82) is 0 Å². The molecule has 9 atom stereocenters. The van der Waals surface area contributed by atoms with Gasteiger partial charge >= 0.3 is 0 Å². The molecule has 0 bridgehead atoms. The van der Waals surface area contributed by atoms with Gasteiger partial charge in [-0.2, -0.15) is 0 Å². The van der Waals surface area contributed by atoms with Gasteiger partial charge in [0.05, 0.1) is 58.4 Å². The van der Waals surface area contributed by atoms with E-state index in [-0.39, 0.29) is 19.8 Å². The summed E-state index contributed by atoms with van der Waals surface area (Å²) in [6.07, 6.45) is -5.70. The molecule has 9 unspecified atom stereocenters. The molecule has 0 amide bonds. The first-order valence-corrected chi connectivity index (χ1v) is 22.5. The molecule has 1 saturated heterocycles. The van der Waals surface area contributed by atoms with Crippen molar-refractivity contribution < 1.29 is 43.0 Å². The first-order valence-electron chi connectivity index (χ1n) is 22.5. The van der Waals surface area contributed by atoms with Crippen molar-refractivity contribution in [3.05, 3.63) is 215 Å². The second-order valence-corrected chi connectivity index (χ2v) is 16.3. The minimum atomic E-state index is -1.09. The molecule has 1 aliphatic heterocycles. The largest absolute Gasteiger partial charge is 0.389 e. The second-order valence-electron chi connectivity index (χ2n) is 16.3. The average Bonchev–Trinajstić information content (AvgIpc) is 3.36. The minimum Gasteiger partial charge on any atom is -0.389 e. The summed E-state index contributed by atoms with van der Waals surface area (Å²) in [4.78, 5) is 0. The number of hydrogen-bond donors (Lipinski definition) is 2. The van der Waals surface area contributed by atoms with Gasteiger partial charge in [0, 0.05) is 13.7 Å². The van der Waals surface area contributed by atoms with E-state index in [2.05, 4.69) is 5.32 Å². The molecule has 342 valence electrons. The molecule has 0 aromatic heterocycles. The molecule has 10 nitrogen and oxygen atoms in total. The maximum atomic E-state index is 12.6. The van der Waals surface area contributed by atoms with E-state index in [9.17, 15) is 5.11 Å². The molecule has 7 rings (SSSR count). The lowest BCUT2D eigenvalue weighted by atomic mass is 9.96. The van der Waals surface area contributed by atoms with Gasteiger partial charge in [-0.05, 0) is 40.3 Å². The summed E-state index contributed by atoms with van der Waals surface area (Å²) in [5, 5.41) is 16.2. The first kappa shape index (κ1) is 47.9. The Kier molecular flexibility index (Phi) is 19.3. The highest BCUT2D eigenvalue weighted by Gasteiger charge is 2.49. The highest BCUT2D eigenvalue weighted by atomic mass is 16.7. The Balaban J connectivity index is 1.17. The third-order valence-electron chi connectivity index (χ3n) is 11.5. The predicted octanol–water partition coefficient (Wildman–Crippen LogP) is 8.84. The van der Waals surface area contributed by atoms with Crippen LogP contribution < -0.4 is 5.32 Å². The Morgan fingerprint density at radius 1 is 0.492 bits per heavy atom. The maximum Gasteiger partial charge on any atom is 0.186 e. The third kappa shape index (κ3) is 15.0. The molecule has 1 heterocycles. The number of aliphatic hydroxyl groups is 1. The van der Waals surface area contributed by atoms with Gasteiger partial charge in [-0.3, -0.25) is 0 Å². The second kappa shape index (κ2) is 26.2. The zero-order valence-electron chi connectivity index (χ0n) is 37.4. The molecule has 6 aromatic carbocycles. The maximum absolute atomic E-state index is 12.6. The van der Waals surface area contributed by atoms with Crippen molar-refractivity contribution in [2.75, 3.05) is 20.3 Å². The highest BCUT2D eigenvalue weighted by molar-refractivity contribution is 5.18. The molecular formula is C55H63NO9. The number of hydrogen-bond acceptors (Lipinski definition) is 10. The lowest BCUT2D eigenvalue weighted by Gasteiger charge is -2.46. The van der Waals surface area contributed by atoms with Gasteiger partial charge in [-0.25, -0.2) is 0 Å². The van der Waals surface area contributed by atoms with E-state index in [1.165, 1.54) is 0 Å². The van der Waals surface area contributed by atoms with Crippen LogP contribution in [-0.4, -0.2) is 80.4 Å². The van der Waals surface area contributed by atoms with Crippen LogP contribution >= 0.6 is 0 Å². The SMILES string of the molecule is COC1OC(CNC(COCc2ccccc2)C(O)C(OCc2ccccc2)C(C)OCc2ccccc2)C(OCc2ccccc2)C(OCc2ccccc2)C1OCc1ccccc1. The van der Waals surface area contributed by atoms with Crippen LogP contribution in [0, 0.1) is 0 Å². The Labute approximate surface area is 384 Å². The van der Waals surface area contributed by atoms with Crippen LogP contribution in [0.2, 0.25) is 0 Å². The molecule has 2 N–H and O–H groups in total. The molecule has 0 saturated carbocycles. The number of rotatable bonds is 26. The van der Waals surface area contributed by atoms with Crippen LogP contribution in [0.25, 0.3) is 0 Å². The number of aliphatic hydroxyl groups excluding tert-OH is 1. The smallest absolute Gasteiger partial charge is 0.186 e. The van der Waals surface area contributed by atoms with E-state index in [1.54, 1.807) is 7.11 Å². The summed E-state index contributed by atoms with van der Waals surface area (Å²) in [6, 6.07) is 59.4. The minimum absolute atomic E-state index is 0.152. The Morgan fingerprint density at radius 3 is 1.32 bits per heavy atom. The van der Waals surface area contributed by atoms with Crippen LogP contribution in [0.1, 0.15) is 40.3 Å². The molecule has 6 aromatic rings. The summed E-state index contributed by atoms with van der Waals surface area (Å²) < 4.78 is 52.7. The summed E-state index contributed by atoms with van der Waals surface area (Å²) in [5.41, 5.74) is 6.04. The Hall–Kier alpha value is -5.08. The van der Waals surface area contributed by atoms with Gasteiger partial charge in [0.1, 0.15) is 36.6 Å². The number of benzene rings is 6. The van der Waals surface area contributed by atoms with Crippen molar-refractivity contribution in [2.45, 2.75) is 102 Å². The highest BCUT2D eigenvalue weighted by Crippen LogP contribution is 2.31. The summed E-state index contributed by atoms with van der Waals surface area (Å²) in [7, 11) is 1.61. The zero-order valence-corrected chi connectivity index (χ0v) is 37.4. The summed E-state index contributed by atoms with van der Waals surface area (Å²) >= 11 is 0. The van der Waals surface area contributed by atoms with E-state index in [1.807, 2.05) is 189 Å². The van der Waals surface area contributed by atoms with E-state index < -0.39 is 55.1 Å². The molecule has 10 heteroatoms.